The molecule has 3 heterocycles. The zero-order chi connectivity index (χ0) is 23.2. The van der Waals surface area contributed by atoms with E-state index in [0.717, 1.165) is 43.9 Å². The Morgan fingerprint density at radius 1 is 1.12 bits per heavy atom. The van der Waals surface area contributed by atoms with Crippen molar-refractivity contribution in [3.63, 3.8) is 0 Å². The molecular formula is C26H29N5O2. The van der Waals surface area contributed by atoms with Gasteiger partial charge in [-0.1, -0.05) is 43.0 Å². The average molecular weight is 444 g/mol. The van der Waals surface area contributed by atoms with Crippen LogP contribution in [0, 0.1) is 0 Å². The summed E-state index contributed by atoms with van der Waals surface area (Å²) in [6.45, 7) is 9.71. The fraction of sp³-hybridized carbons (Fsp3) is 0.269. The number of carbonyl (C=O) groups is 2. The standard InChI is InChI=1S/C26H29N5O2/c1-3-8-23(30-17-14-27-15-18-30)21(4-2)29-25(32)22-11-7-12-24(28-22)31-16-13-19-9-5-6-10-20(19)26(31)33/h3-12,27H,1,13-18H2,2H3,(H,29,32)/b21-4+,23-8+. The number of hydrogen-bond acceptors (Lipinski definition) is 5. The first-order valence-electron chi connectivity index (χ1n) is 11.3. The quantitative estimate of drug-likeness (QED) is 0.672. The van der Waals surface area contributed by atoms with Crippen LogP contribution in [0.5, 0.6) is 0 Å². The van der Waals surface area contributed by atoms with E-state index in [0.29, 0.717) is 23.6 Å². The van der Waals surface area contributed by atoms with Gasteiger partial charge in [-0.3, -0.25) is 14.5 Å². The number of piperazine rings is 1. The van der Waals surface area contributed by atoms with Gasteiger partial charge in [0.25, 0.3) is 11.8 Å². The van der Waals surface area contributed by atoms with E-state index in [2.05, 4.69) is 27.1 Å². The van der Waals surface area contributed by atoms with E-state index in [1.54, 1.807) is 29.2 Å². The van der Waals surface area contributed by atoms with Crippen molar-refractivity contribution in [2.45, 2.75) is 13.3 Å². The van der Waals surface area contributed by atoms with Crippen molar-refractivity contribution in [2.24, 2.45) is 0 Å². The van der Waals surface area contributed by atoms with Crippen molar-refractivity contribution in [1.29, 1.82) is 0 Å². The molecule has 0 bridgehead atoms. The van der Waals surface area contributed by atoms with Gasteiger partial charge in [0, 0.05) is 38.3 Å². The van der Waals surface area contributed by atoms with Crippen molar-refractivity contribution < 1.29 is 9.59 Å². The normalized spacial score (nSPS) is 16.9. The molecule has 4 rings (SSSR count). The molecule has 0 spiro atoms. The zero-order valence-electron chi connectivity index (χ0n) is 18.9. The van der Waals surface area contributed by atoms with Gasteiger partial charge in [-0.05, 0) is 43.2 Å². The van der Waals surface area contributed by atoms with Crippen molar-refractivity contribution in [1.82, 2.24) is 20.5 Å². The van der Waals surface area contributed by atoms with Crippen LogP contribution in [0.15, 0.2) is 78.7 Å². The van der Waals surface area contributed by atoms with E-state index in [1.807, 2.05) is 43.3 Å². The number of anilines is 1. The van der Waals surface area contributed by atoms with Crippen molar-refractivity contribution in [3.05, 3.63) is 95.5 Å². The summed E-state index contributed by atoms with van der Waals surface area (Å²) in [7, 11) is 0. The minimum atomic E-state index is -0.320. The predicted molar refractivity (Wildman–Crippen MR) is 130 cm³/mol. The fourth-order valence-corrected chi connectivity index (χ4v) is 4.20. The molecule has 33 heavy (non-hydrogen) atoms. The molecule has 0 unspecified atom stereocenters. The molecule has 0 aliphatic carbocycles. The lowest BCUT2D eigenvalue weighted by molar-refractivity contribution is 0.0953. The van der Waals surface area contributed by atoms with Crippen molar-refractivity contribution in [3.8, 4) is 0 Å². The Balaban J connectivity index is 1.53. The van der Waals surface area contributed by atoms with Crippen molar-refractivity contribution in [2.75, 3.05) is 37.6 Å². The van der Waals surface area contributed by atoms with Gasteiger partial charge in [-0.2, -0.15) is 0 Å². The molecule has 2 amide bonds. The monoisotopic (exact) mass is 443 g/mol. The maximum atomic E-state index is 13.1. The van der Waals surface area contributed by atoms with Gasteiger partial charge < -0.3 is 15.5 Å². The molecule has 2 aliphatic rings. The third-order valence-electron chi connectivity index (χ3n) is 5.89. The molecule has 2 aromatic rings. The molecule has 2 N–H and O–H groups in total. The van der Waals surface area contributed by atoms with Gasteiger partial charge in [0.2, 0.25) is 0 Å². The molecule has 0 atom stereocenters. The Morgan fingerprint density at radius 2 is 1.91 bits per heavy atom. The molecule has 0 saturated carbocycles. The highest BCUT2D eigenvalue weighted by atomic mass is 16.2. The van der Waals surface area contributed by atoms with Crippen LogP contribution in [0.3, 0.4) is 0 Å². The number of carbonyl (C=O) groups excluding carboxylic acids is 2. The van der Waals surface area contributed by atoms with E-state index in [-0.39, 0.29) is 17.5 Å². The van der Waals surface area contributed by atoms with Gasteiger partial charge in [-0.25, -0.2) is 4.98 Å². The topological polar surface area (TPSA) is 77.6 Å². The maximum absolute atomic E-state index is 13.1. The van der Waals surface area contributed by atoms with Gasteiger partial charge in [0.1, 0.15) is 11.5 Å². The number of allylic oxidation sites excluding steroid dienone is 3. The van der Waals surface area contributed by atoms with E-state index in [9.17, 15) is 9.59 Å². The SMILES string of the molecule is C=C/C=C(\C(=C/C)NC(=O)c1cccc(N2CCc3ccccc3C2=O)n1)N1CCNCC1. The van der Waals surface area contributed by atoms with Crippen LogP contribution in [0.25, 0.3) is 0 Å². The Kier molecular flexibility index (Phi) is 7.00. The number of amides is 2. The highest BCUT2D eigenvalue weighted by molar-refractivity contribution is 6.08. The molecule has 7 heteroatoms. The van der Waals surface area contributed by atoms with Crippen LogP contribution in [0.2, 0.25) is 0 Å². The lowest BCUT2D eigenvalue weighted by atomic mass is 9.99. The summed E-state index contributed by atoms with van der Waals surface area (Å²) in [6, 6.07) is 12.8. The number of nitrogens with zero attached hydrogens (tertiary/aromatic N) is 3. The molecular weight excluding hydrogens is 414 g/mol. The summed E-state index contributed by atoms with van der Waals surface area (Å²) in [5, 5.41) is 6.34. The summed E-state index contributed by atoms with van der Waals surface area (Å²) in [4.78, 5) is 34.5. The summed E-state index contributed by atoms with van der Waals surface area (Å²) in [6.07, 6.45) is 6.27. The second-order valence-corrected chi connectivity index (χ2v) is 7.93. The number of aromatic nitrogens is 1. The first kappa shape index (κ1) is 22.5. The summed E-state index contributed by atoms with van der Waals surface area (Å²) < 4.78 is 0. The van der Waals surface area contributed by atoms with Crippen LogP contribution in [-0.2, 0) is 6.42 Å². The number of benzene rings is 1. The van der Waals surface area contributed by atoms with Crippen LogP contribution in [0.4, 0.5) is 5.82 Å². The molecule has 170 valence electrons. The third kappa shape index (κ3) is 4.88. The van der Waals surface area contributed by atoms with Crippen LogP contribution >= 0.6 is 0 Å². The maximum Gasteiger partial charge on any atom is 0.274 e. The van der Waals surface area contributed by atoms with Crippen LogP contribution in [-0.4, -0.2) is 54.4 Å². The van der Waals surface area contributed by atoms with Gasteiger partial charge >= 0.3 is 0 Å². The fourth-order valence-electron chi connectivity index (χ4n) is 4.20. The minimum absolute atomic E-state index is 0.0917. The second-order valence-electron chi connectivity index (χ2n) is 7.93. The lowest BCUT2D eigenvalue weighted by Crippen LogP contribution is -2.44. The summed E-state index contributed by atoms with van der Waals surface area (Å²) >= 11 is 0. The third-order valence-corrected chi connectivity index (χ3v) is 5.89. The summed E-state index contributed by atoms with van der Waals surface area (Å²) in [5.74, 6) is 0.0685. The number of nitrogens with one attached hydrogen (secondary N) is 2. The first-order chi connectivity index (χ1) is 16.1. The van der Waals surface area contributed by atoms with Gasteiger partial charge in [-0.15, -0.1) is 0 Å². The smallest absolute Gasteiger partial charge is 0.274 e. The average Bonchev–Trinajstić information content (AvgIpc) is 2.87. The molecule has 1 aromatic heterocycles. The largest absolute Gasteiger partial charge is 0.367 e. The number of rotatable bonds is 6. The molecule has 7 nitrogen and oxygen atoms in total. The second kappa shape index (κ2) is 10.3. The predicted octanol–water partition coefficient (Wildman–Crippen LogP) is 2.89. The Labute approximate surface area is 194 Å². The van der Waals surface area contributed by atoms with Gasteiger partial charge in [0.15, 0.2) is 0 Å². The van der Waals surface area contributed by atoms with E-state index >= 15 is 0 Å². The molecule has 1 saturated heterocycles. The van der Waals surface area contributed by atoms with E-state index in [1.165, 1.54) is 0 Å². The first-order valence-corrected chi connectivity index (χ1v) is 11.3. The Bertz CT molecular complexity index is 1120. The lowest BCUT2D eigenvalue weighted by Gasteiger charge is -2.32. The molecule has 2 aliphatic heterocycles. The Hall–Kier alpha value is -3.71. The van der Waals surface area contributed by atoms with Crippen LogP contribution in [0.1, 0.15) is 33.3 Å². The minimum Gasteiger partial charge on any atom is -0.367 e. The number of hydrogen-bond donors (Lipinski definition) is 2. The molecule has 1 aromatic carbocycles. The highest BCUT2D eigenvalue weighted by Gasteiger charge is 2.26. The highest BCUT2D eigenvalue weighted by Crippen LogP contribution is 2.23. The molecule has 1 fully saturated rings. The van der Waals surface area contributed by atoms with E-state index in [4.69, 9.17) is 0 Å². The summed E-state index contributed by atoms with van der Waals surface area (Å²) in [5.41, 5.74) is 3.61. The van der Waals surface area contributed by atoms with Crippen LogP contribution < -0.4 is 15.5 Å². The van der Waals surface area contributed by atoms with E-state index < -0.39 is 0 Å². The van der Waals surface area contributed by atoms with Gasteiger partial charge in [0.05, 0.1) is 11.4 Å². The Morgan fingerprint density at radius 3 is 2.67 bits per heavy atom. The van der Waals surface area contributed by atoms with Crippen molar-refractivity contribution >= 4 is 17.6 Å². The zero-order valence-corrected chi connectivity index (χ0v) is 18.9. The molecule has 0 radical (unpaired) electrons. The number of fused-ring (bicyclic) bond motifs is 1. The number of pyridine rings is 1.